The highest BCUT2D eigenvalue weighted by atomic mass is 32.2. The van der Waals surface area contributed by atoms with E-state index in [2.05, 4.69) is 40.2 Å². The zero-order chi connectivity index (χ0) is 15.7. The number of nitrogens with zero attached hydrogens (tertiary/aromatic N) is 3. The summed E-state index contributed by atoms with van der Waals surface area (Å²) in [7, 11) is -3.15. The van der Waals surface area contributed by atoms with Crippen molar-refractivity contribution in [1.29, 1.82) is 0 Å². The zero-order valence-electron chi connectivity index (χ0n) is 12.7. The summed E-state index contributed by atoms with van der Waals surface area (Å²) in [5.41, 5.74) is 3.91. The van der Waals surface area contributed by atoms with Crippen molar-refractivity contribution in [3.63, 3.8) is 0 Å². The Labute approximate surface area is 130 Å². The van der Waals surface area contributed by atoms with Gasteiger partial charge in [-0.15, -0.1) is 0 Å². The Morgan fingerprint density at radius 2 is 2.18 bits per heavy atom. The van der Waals surface area contributed by atoms with E-state index in [9.17, 15) is 8.42 Å². The molecular weight excluding hydrogens is 302 g/mol. The van der Waals surface area contributed by atoms with Crippen LogP contribution < -0.4 is 4.90 Å². The predicted molar refractivity (Wildman–Crippen MR) is 83.4 cm³/mol. The quantitative estimate of drug-likeness (QED) is 0.835. The minimum absolute atomic E-state index is 0.187. The minimum Gasteiger partial charge on any atom is -0.361 e. The van der Waals surface area contributed by atoms with Crippen LogP contribution in [0.3, 0.4) is 0 Å². The van der Waals surface area contributed by atoms with Crippen molar-refractivity contribution in [3.05, 3.63) is 41.0 Å². The first-order valence-corrected chi connectivity index (χ1v) is 9.37. The molecule has 118 valence electrons. The summed E-state index contributed by atoms with van der Waals surface area (Å²) in [5.74, 6) is 0.492. The summed E-state index contributed by atoms with van der Waals surface area (Å²) in [6.07, 6.45) is 3.14. The number of para-hydroxylation sites is 1. The molecule has 0 radical (unpaired) electrons. The third-order valence-electron chi connectivity index (χ3n) is 3.78. The molecule has 1 aromatic carbocycles. The smallest absolute Gasteiger partial charge is 0.246 e. The number of rotatable bonds is 5. The number of hydrogen-bond donors (Lipinski definition) is 0. The molecule has 6 nitrogen and oxygen atoms in total. The second-order valence-corrected chi connectivity index (χ2v) is 7.76. The molecule has 0 amide bonds. The molecule has 0 N–H and O–H groups in total. The molecule has 0 bridgehead atoms. The third-order valence-corrected chi connectivity index (χ3v) is 4.56. The van der Waals surface area contributed by atoms with Crippen molar-refractivity contribution in [2.75, 3.05) is 17.7 Å². The Balaban J connectivity index is 1.79. The standard InChI is InChI=1S/C15H19N3O3S/c1-3-11-5-4-6-12-7-8-18(15(11)12)9-14-16-13(17-21-14)10-22(2,19)20/h4-6H,3,7-10H2,1-2H3. The van der Waals surface area contributed by atoms with Gasteiger partial charge in [0.05, 0.1) is 6.54 Å². The van der Waals surface area contributed by atoms with Gasteiger partial charge in [-0.2, -0.15) is 4.98 Å². The van der Waals surface area contributed by atoms with E-state index in [0.717, 1.165) is 25.6 Å². The maximum atomic E-state index is 11.3. The lowest BCUT2D eigenvalue weighted by Crippen LogP contribution is -2.21. The Morgan fingerprint density at radius 1 is 1.36 bits per heavy atom. The molecule has 0 spiro atoms. The van der Waals surface area contributed by atoms with Crippen LogP contribution in [0.1, 0.15) is 29.8 Å². The van der Waals surface area contributed by atoms with Crippen molar-refractivity contribution in [2.45, 2.75) is 32.1 Å². The monoisotopic (exact) mass is 321 g/mol. The number of hydrogen-bond acceptors (Lipinski definition) is 6. The van der Waals surface area contributed by atoms with Crippen LogP contribution in [0, 0.1) is 0 Å². The summed E-state index contributed by atoms with van der Waals surface area (Å²) < 4.78 is 27.7. The van der Waals surface area contributed by atoms with Crippen molar-refractivity contribution in [3.8, 4) is 0 Å². The lowest BCUT2D eigenvalue weighted by molar-refractivity contribution is 0.372. The number of benzene rings is 1. The number of aryl methyl sites for hydroxylation is 1. The number of sulfone groups is 1. The van der Waals surface area contributed by atoms with Crippen LogP contribution in [0.4, 0.5) is 5.69 Å². The van der Waals surface area contributed by atoms with Crippen molar-refractivity contribution in [2.24, 2.45) is 0 Å². The van der Waals surface area contributed by atoms with Gasteiger partial charge in [-0.05, 0) is 24.0 Å². The van der Waals surface area contributed by atoms with Crippen LogP contribution in [0.5, 0.6) is 0 Å². The van der Waals surface area contributed by atoms with Crippen LogP contribution in [0.25, 0.3) is 0 Å². The van der Waals surface area contributed by atoms with E-state index < -0.39 is 9.84 Å². The molecule has 0 fully saturated rings. The Bertz CT molecular complexity index is 783. The molecule has 1 aromatic heterocycles. The zero-order valence-corrected chi connectivity index (χ0v) is 13.6. The molecule has 3 rings (SSSR count). The summed E-state index contributed by atoms with van der Waals surface area (Å²) in [5, 5.41) is 3.75. The van der Waals surface area contributed by atoms with Gasteiger partial charge in [-0.1, -0.05) is 30.3 Å². The highest BCUT2D eigenvalue weighted by Gasteiger charge is 2.23. The lowest BCUT2D eigenvalue weighted by atomic mass is 10.1. The highest BCUT2D eigenvalue weighted by Crippen LogP contribution is 2.33. The fourth-order valence-electron chi connectivity index (χ4n) is 2.87. The van der Waals surface area contributed by atoms with Gasteiger partial charge < -0.3 is 9.42 Å². The van der Waals surface area contributed by atoms with Gasteiger partial charge in [0, 0.05) is 18.5 Å². The summed E-state index contributed by atoms with van der Waals surface area (Å²) in [6.45, 7) is 3.57. The molecule has 2 heterocycles. The van der Waals surface area contributed by atoms with Crippen molar-refractivity contribution >= 4 is 15.5 Å². The van der Waals surface area contributed by atoms with E-state index in [4.69, 9.17) is 4.52 Å². The van der Waals surface area contributed by atoms with Gasteiger partial charge >= 0.3 is 0 Å². The summed E-state index contributed by atoms with van der Waals surface area (Å²) in [6, 6.07) is 6.38. The Hall–Kier alpha value is -1.89. The molecule has 0 aliphatic carbocycles. The number of anilines is 1. The van der Waals surface area contributed by atoms with E-state index in [1.165, 1.54) is 16.8 Å². The maximum absolute atomic E-state index is 11.3. The first-order valence-electron chi connectivity index (χ1n) is 7.31. The molecule has 0 saturated heterocycles. The third kappa shape index (κ3) is 3.14. The fourth-order valence-corrected chi connectivity index (χ4v) is 3.46. The minimum atomic E-state index is -3.15. The van der Waals surface area contributed by atoms with Gasteiger partial charge in [-0.25, -0.2) is 8.42 Å². The summed E-state index contributed by atoms with van der Waals surface area (Å²) >= 11 is 0. The molecule has 0 unspecified atom stereocenters. The molecule has 22 heavy (non-hydrogen) atoms. The van der Waals surface area contributed by atoms with Crippen LogP contribution in [-0.2, 0) is 35.0 Å². The Kier molecular flexibility index (Phi) is 3.90. The first kappa shape index (κ1) is 15.0. The van der Waals surface area contributed by atoms with Crippen molar-refractivity contribution < 1.29 is 12.9 Å². The van der Waals surface area contributed by atoms with Crippen LogP contribution >= 0.6 is 0 Å². The SMILES string of the molecule is CCc1cccc2c1N(Cc1nc(CS(C)(=O)=O)no1)CC2. The molecule has 1 aliphatic heterocycles. The van der Waals surface area contributed by atoms with Gasteiger partial charge in [-0.3, -0.25) is 0 Å². The number of fused-ring (bicyclic) bond motifs is 1. The molecule has 7 heteroatoms. The van der Waals surface area contributed by atoms with E-state index in [1.54, 1.807) is 0 Å². The van der Waals surface area contributed by atoms with E-state index >= 15 is 0 Å². The van der Waals surface area contributed by atoms with E-state index in [-0.39, 0.29) is 11.6 Å². The van der Waals surface area contributed by atoms with Gasteiger partial charge in [0.1, 0.15) is 5.75 Å². The van der Waals surface area contributed by atoms with Gasteiger partial charge in [0.25, 0.3) is 0 Å². The van der Waals surface area contributed by atoms with Crippen LogP contribution in [0.2, 0.25) is 0 Å². The number of aromatic nitrogens is 2. The van der Waals surface area contributed by atoms with Crippen LogP contribution in [0.15, 0.2) is 22.7 Å². The average molecular weight is 321 g/mol. The topological polar surface area (TPSA) is 76.3 Å². The fraction of sp³-hybridized carbons (Fsp3) is 0.467. The lowest BCUT2D eigenvalue weighted by Gasteiger charge is -2.19. The molecule has 1 aliphatic rings. The van der Waals surface area contributed by atoms with E-state index in [1.807, 2.05) is 0 Å². The van der Waals surface area contributed by atoms with Gasteiger partial charge in [0.2, 0.25) is 5.89 Å². The molecule has 0 saturated carbocycles. The second kappa shape index (κ2) is 5.72. The first-order chi connectivity index (χ1) is 10.5. The summed E-state index contributed by atoms with van der Waals surface area (Å²) in [4.78, 5) is 6.42. The highest BCUT2D eigenvalue weighted by molar-refractivity contribution is 7.89. The normalized spacial score (nSPS) is 14.4. The second-order valence-electron chi connectivity index (χ2n) is 5.62. The predicted octanol–water partition coefficient (Wildman–Crippen LogP) is 1.74. The van der Waals surface area contributed by atoms with Crippen molar-refractivity contribution in [1.82, 2.24) is 10.1 Å². The average Bonchev–Trinajstić information content (AvgIpc) is 3.05. The van der Waals surface area contributed by atoms with Gasteiger partial charge in [0.15, 0.2) is 15.7 Å². The largest absolute Gasteiger partial charge is 0.361 e. The molecule has 0 atom stereocenters. The maximum Gasteiger partial charge on any atom is 0.246 e. The van der Waals surface area contributed by atoms with E-state index in [0.29, 0.717) is 12.4 Å². The Morgan fingerprint density at radius 3 is 2.91 bits per heavy atom. The molecule has 2 aromatic rings. The molecular formula is C15H19N3O3S. The van der Waals surface area contributed by atoms with Crippen LogP contribution in [-0.4, -0.2) is 31.4 Å².